The molecule has 21 heavy (non-hydrogen) atoms. The molecule has 2 nitrogen and oxygen atoms in total. The van der Waals surface area contributed by atoms with Crippen LogP contribution in [0.2, 0.25) is 0 Å². The zero-order chi connectivity index (χ0) is 15.3. The van der Waals surface area contributed by atoms with Gasteiger partial charge >= 0.3 is 0 Å². The SMILES string of the molecule is CCCCCCCCCCCCn1cc[n+](C)c1CCC. The van der Waals surface area contributed by atoms with Gasteiger partial charge < -0.3 is 0 Å². The lowest BCUT2D eigenvalue weighted by molar-refractivity contribution is -0.678. The summed E-state index contributed by atoms with van der Waals surface area (Å²) >= 11 is 0. The average molecular weight is 294 g/mol. The van der Waals surface area contributed by atoms with Crippen molar-refractivity contribution in [2.45, 2.75) is 97.4 Å². The number of hydrogen-bond acceptors (Lipinski definition) is 0. The highest BCUT2D eigenvalue weighted by Gasteiger charge is 2.12. The van der Waals surface area contributed by atoms with Crippen LogP contribution < -0.4 is 4.57 Å². The van der Waals surface area contributed by atoms with E-state index in [0.717, 1.165) is 0 Å². The highest BCUT2D eigenvalue weighted by molar-refractivity contribution is 4.83. The Kier molecular flexibility index (Phi) is 10.3. The van der Waals surface area contributed by atoms with E-state index in [1.54, 1.807) is 0 Å². The van der Waals surface area contributed by atoms with E-state index in [1.165, 1.54) is 89.4 Å². The van der Waals surface area contributed by atoms with Gasteiger partial charge in [-0.05, 0) is 19.3 Å². The molecule has 1 rings (SSSR count). The molecule has 0 saturated heterocycles. The second-order valence-electron chi connectivity index (χ2n) is 6.45. The summed E-state index contributed by atoms with van der Waals surface area (Å²) in [6, 6.07) is 0. The predicted molar refractivity (Wildman–Crippen MR) is 91.4 cm³/mol. The van der Waals surface area contributed by atoms with Gasteiger partial charge in [-0.25, -0.2) is 9.13 Å². The van der Waals surface area contributed by atoms with Crippen LogP contribution in [0.15, 0.2) is 12.4 Å². The summed E-state index contributed by atoms with van der Waals surface area (Å²) in [5.74, 6) is 1.48. The van der Waals surface area contributed by atoms with Gasteiger partial charge in [0.25, 0.3) is 5.82 Å². The first kappa shape index (κ1) is 18.3. The molecule has 0 N–H and O–H groups in total. The molecule has 0 aromatic carbocycles. The molecule has 0 radical (unpaired) electrons. The lowest BCUT2D eigenvalue weighted by atomic mass is 10.1. The first-order chi connectivity index (χ1) is 10.3. The Bertz CT molecular complexity index is 354. The lowest BCUT2D eigenvalue weighted by Gasteiger charge is -2.03. The molecule has 0 bridgehead atoms. The monoisotopic (exact) mass is 293 g/mol. The minimum Gasteiger partial charge on any atom is -0.237 e. The van der Waals surface area contributed by atoms with Gasteiger partial charge in [0.15, 0.2) is 0 Å². The Balaban J connectivity index is 2.02. The van der Waals surface area contributed by atoms with Gasteiger partial charge in [0.05, 0.1) is 13.6 Å². The molecule has 0 fully saturated rings. The number of aryl methyl sites for hydroxylation is 2. The Labute approximate surface area is 132 Å². The van der Waals surface area contributed by atoms with Crippen molar-refractivity contribution in [2.24, 2.45) is 7.05 Å². The lowest BCUT2D eigenvalue weighted by Crippen LogP contribution is -2.32. The highest BCUT2D eigenvalue weighted by Crippen LogP contribution is 2.11. The molecule has 0 aliphatic carbocycles. The Morgan fingerprint density at radius 1 is 0.810 bits per heavy atom. The van der Waals surface area contributed by atoms with Crippen LogP contribution in [0, 0.1) is 0 Å². The van der Waals surface area contributed by atoms with Crippen molar-refractivity contribution in [3.05, 3.63) is 18.2 Å². The molecule has 0 saturated carbocycles. The zero-order valence-corrected chi connectivity index (χ0v) is 14.7. The second kappa shape index (κ2) is 11.8. The molecule has 1 aromatic rings. The van der Waals surface area contributed by atoms with Gasteiger partial charge in [-0.2, -0.15) is 0 Å². The van der Waals surface area contributed by atoms with Crippen molar-refractivity contribution in [3.8, 4) is 0 Å². The van der Waals surface area contributed by atoms with Crippen molar-refractivity contribution in [2.75, 3.05) is 0 Å². The second-order valence-corrected chi connectivity index (χ2v) is 6.45. The van der Waals surface area contributed by atoms with E-state index < -0.39 is 0 Å². The molecule has 2 heteroatoms. The van der Waals surface area contributed by atoms with E-state index in [0.29, 0.717) is 0 Å². The third-order valence-electron chi connectivity index (χ3n) is 4.44. The normalized spacial score (nSPS) is 11.2. The van der Waals surface area contributed by atoms with Crippen molar-refractivity contribution >= 4 is 0 Å². The van der Waals surface area contributed by atoms with Crippen LogP contribution in [-0.4, -0.2) is 4.57 Å². The van der Waals surface area contributed by atoms with Crippen molar-refractivity contribution in [3.63, 3.8) is 0 Å². The van der Waals surface area contributed by atoms with Gasteiger partial charge in [-0.15, -0.1) is 0 Å². The summed E-state index contributed by atoms with van der Waals surface area (Å²) in [5, 5.41) is 0. The third kappa shape index (κ3) is 7.68. The quantitative estimate of drug-likeness (QED) is 0.350. The van der Waals surface area contributed by atoms with Crippen LogP contribution in [-0.2, 0) is 20.0 Å². The molecular weight excluding hydrogens is 256 g/mol. The topological polar surface area (TPSA) is 8.81 Å². The number of unbranched alkanes of at least 4 members (excludes halogenated alkanes) is 9. The maximum atomic E-state index is 2.45. The van der Waals surface area contributed by atoms with Crippen LogP contribution in [0.1, 0.15) is 90.3 Å². The summed E-state index contributed by atoms with van der Waals surface area (Å²) in [5.41, 5.74) is 0. The molecule has 0 aliphatic heterocycles. The van der Waals surface area contributed by atoms with Crippen LogP contribution in [0.3, 0.4) is 0 Å². The summed E-state index contributed by atoms with van der Waals surface area (Å²) in [6.45, 7) is 5.75. The maximum absolute atomic E-state index is 2.45. The molecule has 1 heterocycles. The van der Waals surface area contributed by atoms with E-state index >= 15 is 0 Å². The Morgan fingerprint density at radius 2 is 1.38 bits per heavy atom. The fourth-order valence-electron chi connectivity index (χ4n) is 3.07. The van der Waals surface area contributed by atoms with Crippen LogP contribution in [0.25, 0.3) is 0 Å². The van der Waals surface area contributed by atoms with Gasteiger partial charge in [0.1, 0.15) is 12.4 Å². The Morgan fingerprint density at radius 3 is 1.95 bits per heavy atom. The fraction of sp³-hybridized carbons (Fsp3) is 0.842. The molecule has 0 spiro atoms. The van der Waals surface area contributed by atoms with Crippen molar-refractivity contribution in [1.82, 2.24) is 4.57 Å². The summed E-state index contributed by atoms with van der Waals surface area (Å²) in [7, 11) is 2.17. The molecule has 0 aliphatic rings. The smallest absolute Gasteiger partial charge is 0.237 e. The number of aromatic nitrogens is 2. The molecule has 0 unspecified atom stereocenters. The standard InChI is InChI=1S/C19H37N2/c1-4-6-7-8-9-10-11-12-13-14-16-21-18-17-20(3)19(21)15-5-2/h17-18H,4-16H2,1-3H3/q+1. The molecule has 1 aromatic heterocycles. The van der Waals surface area contributed by atoms with Crippen LogP contribution >= 0.6 is 0 Å². The van der Waals surface area contributed by atoms with E-state index in [1.807, 2.05) is 0 Å². The minimum atomic E-state index is 1.20. The molecule has 0 amide bonds. The largest absolute Gasteiger partial charge is 0.256 e. The number of nitrogens with zero attached hydrogens (tertiary/aromatic N) is 2. The minimum absolute atomic E-state index is 1.20. The average Bonchev–Trinajstić information content (AvgIpc) is 2.83. The van der Waals surface area contributed by atoms with Gasteiger partial charge in [-0.1, -0.05) is 65.2 Å². The summed E-state index contributed by atoms with van der Waals surface area (Å²) < 4.78 is 4.73. The first-order valence-electron chi connectivity index (χ1n) is 9.33. The third-order valence-corrected chi connectivity index (χ3v) is 4.44. The van der Waals surface area contributed by atoms with Crippen molar-refractivity contribution < 1.29 is 4.57 Å². The zero-order valence-electron chi connectivity index (χ0n) is 14.7. The van der Waals surface area contributed by atoms with E-state index in [-0.39, 0.29) is 0 Å². The van der Waals surface area contributed by atoms with Crippen molar-refractivity contribution in [1.29, 1.82) is 0 Å². The number of imidazole rings is 1. The van der Waals surface area contributed by atoms with E-state index in [9.17, 15) is 0 Å². The van der Waals surface area contributed by atoms with Gasteiger partial charge in [0, 0.05) is 6.42 Å². The maximum Gasteiger partial charge on any atom is 0.256 e. The molecule has 122 valence electrons. The molecule has 0 atom stereocenters. The number of rotatable bonds is 13. The van der Waals surface area contributed by atoms with Crippen LogP contribution in [0.4, 0.5) is 0 Å². The van der Waals surface area contributed by atoms with E-state index in [4.69, 9.17) is 0 Å². The van der Waals surface area contributed by atoms with Gasteiger partial charge in [-0.3, -0.25) is 0 Å². The number of hydrogen-bond donors (Lipinski definition) is 0. The summed E-state index contributed by atoms with van der Waals surface area (Å²) in [6.07, 6.45) is 21.0. The van der Waals surface area contributed by atoms with Gasteiger partial charge in [0.2, 0.25) is 0 Å². The van der Waals surface area contributed by atoms with E-state index in [2.05, 4.69) is 42.4 Å². The predicted octanol–water partition coefficient (Wildman–Crippen LogP) is 5.19. The van der Waals surface area contributed by atoms with Crippen LogP contribution in [0.5, 0.6) is 0 Å². The molecular formula is C19H37N2+. The first-order valence-corrected chi connectivity index (χ1v) is 9.33. The Hall–Kier alpha value is -0.790. The highest BCUT2D eigenvalue weighted by atomic mass is 15.1. The fourth-order valence-corrected chi connectivity index (χ4v) is 3.07. The summed E-state index contributed by atoms with van der Waals surface area (Å²) in [4.78, 5) is 0.